The number of hydrogen-bond donors (Lipinski definition) is 0. The summed E-state index contributed by atoms with van der Waals surface area (Å²) in [4.78, 5) is 0. The van der Waals surface area contributed by atoms with E-state index in [-0.39, 0.29) is 0 Å². The zero-order chi connectivity index (χ0) is 12.6. The molecule has 1 nitrogen and oxygen atoms in total. The first-order chi connectivity index (χ1) is 8.84. The molecule has 92 valence electrons. The zero-order valence-electron chi connectivity index (χ0n) is 10.1. The van der Waals surface area contributed by atoms with E-state index in [4.69, 9.17) is 4.74 Å². The predicted octanol–water partition coefficient (Wildman–Crippen LogP) is 4.68. The lowest BCUT2D eigenvalue weighted by Gasteiger charge is -2.00. The summed E-state index contributed by atoms with van der Waals surface area (Å²) in [6.45, 7) is 1.29. The van der Waals surface area contributed by atoms with Gasteiger partial charge in [0.25, 0.3) is 0 Å². The van der Waals surface area contributed by atoms with Crippen molar-refractivity contribution >= 4 is 22.0 Å². The molecule has 2 aromatic carbocycles. The molecule has 0 aromatic heterocycles. The van der Waals surface area contributed by atoms with Crippen LogP contribution in [0.4, 0.5) is 0 Å². The third-order valence-corrected chi connectivity index (χ3v) is 3.03. The number of ether oxygens (including phenoxy) is 1. The Morgan fingerprint density at radius 3 is 2.39 bits per heavy atom. The smallest absolute Gasteiger partial charge is 0.0721 e. The summed E-state index contributed by atoms with van der Waals surface area (Å²) >= 11 is 3.42. The molecule has 0 amide bonds. The van der Waals surface area contributed by atoms with Crippen LogP contribution in [0.3, 0.4) is 0 Å². The van der Waals surface area contributed by atoms with Crippen LogP contribution in [0.1, 0.15) is 11.1 Å². The molecule has 2 rings (SSSR count). The van der Waals surface area contributed by atoms with Crippen LogP contribution in [0.5, 0.6) is 0 Å². The van der Waals surface area contributed by atoms with Gasteiger partial charge in [-0.1, -0.05) is 70.5 Å². The maximum absolute atomic E-state index is 5.57. The molecule has 2 heteroatoms. The Morgan fingerprint density at radius 1 is 0.944 bits per heavy atom. The van der Waals surface area contributed by atoms with Gasteiger partial charge in [-0.3, -0.25) is 0 Å². The monoisotopic (exact) mass is 302 g/mol. The van der Waals surface area contributed by atoms with E-state index in [0.717, 1.165) is 4.47 Å². The Labute approximate surface area is 116 Å². The van der Waals surface area contributed by atoms with Crippen molar-refractivity contribution in [3.8, 4) is 0 Å². The maximum Gasteiger partial charge on any atom is 0.0721 e. The normalized spacial score (nSPS) is 10.9. The second-order valence-electron chi connectivity index (χ2n) is 3.95. The molecule has 0 aliphatic carbocycles. The third kappa shape index (κ3) is 4.47. The van der Waals surface area contributed by atoms with Crippen molar-refractivity contribution in [1.29, 1.82) is 0 Å². The zero-order valence-corrected chi connectivity index (χ0v) is 11.6. The highest BCUT2D eigenvalue weighted by Gasteiger charge is 1.90. The first-order valence-electron chi connectivity index (χ1n) is 5.88. The van der Waals surface area contributed by atoms with E-state index in [0.29, 0.717) is 13.2 Å². The predicted molar refractivity (Wildman–Crippen MR) is 79.3 cm³/mol. The first kappa shape index (κ1) is 13.1. The van der Waals surface area contributed by atoms with Crippen LogP contribution < -0.4 is 0 Å². The highest BCUT2D eigenvalue weighted by atomic mass is 79.9. The molecule has 18 heavy (non-hydrogen) atoms. The van der Waals surface area contributed by atoms with E-state index >= 15 is 0 Å². The minimum atomic E-state index is 0.630. The molecule has 0 heterocycles. The lowest BCUT2D eigenvalue weighted by Crippen LogP contribution is -1.91. The first-order valence-corrected chi connectivity index (χ1v) is 6.68. The van der Waals surface area contributed by atoms with Crippen molar-refractivity contribution in [3.05, 3.63) is 76.3 Å². The Morgan fingerprint density at radius 2 is 1.67 bits per heavy atom. The largest absolute Gasteiger partial charge is 0.373 e. The van der Waals surface area contributed by atoms with Crippen molar-refractivity contribution in [1.82, 2.24) is 0 Å². The van der Waals surface area contributed by atoms with Crippen LogP contribution in [0, 0.1) is 0 Å². The standard InChI is InChI=1S/C16H15BrO/c17-16-10-8-14(9-11-16)7-4-12-18-13-15-5-2-1-3-6-15/h1-11H,12-13H2/b7-4+. The number of rotatable bonds is 5. The van der Waals surface area contributed by atoms with Gasteiger partial charge in [-0.05, 0) is 23.3 Å². The quantitative estimate of drug-likeness (QED) is 0.729. The molecular weight excluding hydrogens is 288 g/mol. The molecule has 0 fully saturated rings. The SMILES string of the molecule is Brc1ccc(/C=C/COCc2ccccc2)cc1. The molecule has 0 aliphatic rings. The average molecular weight is 303 g/mol. The van der Waals surface area contributed by atoms with Gasteiger partial charge in [0.05, 0.1) is 13.2 Å². The van der Waals surface area contributed by atoms with Crippen LogP contribution in [-0.2, 0) is 11.3 Å². The average Bonchev–Trinajstić information content (AvgIpc) is 2.42. The fourth-order valence-corrected chi connectivity index (χ4v) is 1.84. The maximum atomic E-state index is 5.57. The molecule has 0 N–H and O–H groups in total. The summed E-state index contributed by atoms with van der Waals surface area (Å²) in [7, 11) is 0. The number of halogens is 1. The molecular formula is C16H15BrO. The fourth-order valence-electron chi connectivity index (χ4n) is 1.58. The van der Waals surface area contributed by atoms with Crippen molar-refractivity contribution < 1.29 is 4.74 Å². The van der Waals surface area contributed by atoms with Crippen LogP contribution >= 0.6 is 15.9 Å². The van der Waals surface area contributed by atoms with E-state index < -0.39 is 0 Å². The summed E-state index contributed by atoms with van der Waals surface area (Å²) in [5.41, 5.74) is 2.39. The summed E-state index contributed by atoms with van der Waals surface area (Å²) < 4.78 is 6.67. The molecule has 0 saturated carbocycles. The van der Waals surface area contributed by atoms with Crippen LogP contribution in [0.2, 0.25) is 0 Å². The van der Waals surface area contributed by atoms with Gasteiger partial charge in [-0.2, -0.15) is 0 Å². The number of benzene rings is 2. The summed E-state index contributed by atoms with van der Waals surface area (Å²) in [5, 5.41) is 0. The molecule has 0 bridgehead atoms. The summed E-state index contributed by atoms with van der Waals surface area (Å²) in [6.07, 6.45) is 4.10. The van der Waals surface area contributed by atoms with Gasteiger partial charge < -0.3 is 4.74 Å². The minimum Gasteiger partial charge on any atom is -0.373 e. The lowest BCUT2D eigenvalue weighted by molar-refractivity contribution is 0.149. The Bertz CT molecular complexity index is 488. The van der Waals surface area contributed by atoms with Gasteiger partial charge in [0.15, 0.2) is 0 Å². The Kier molecular flexibility index (Phi) is 5.18. The van der Waals surface area contributed by atoms with Crippen molar-refractivity contribution in [2.45, 2.75) is 6.61 Å². The highest BCUT2D eigenvalue weighted by molar-refractivity contribution is 9.10. The molecule has 2 aromatic rings. The second-order valence-corrected chi connectivity index (χ2v) is 4.87. The van der Waals surface area contributed by atoms with Crippen LogP contribution in [-0.4, -0.2) is 6.61 Å². The van der Waals surface area contributed by atoms with E-state index in [2.05, 4.69) is 46.3 Å². The van der Waals surface area contributed by atoms with Gasteiger partial charge in [0.2, 0.25) is 0 Å². The topological polar surface area (TPSA) is 9.23 Å². The van der Waals surface area contributed by atoms with Crippen LogP contribution in [0.15, 0.2) is 65.1 Å². The van der Waals surface area contributed by atoms with Gasteiger partial charge in [0.1, 0.15) is 0 Å². The molecule has 0 saturated heterocycles. The summed E-state index contributed by atoms with van der Waals surface area (Å²) in [5.74, 6) is 0. The van der Waals surface area contributed by atoms with E-state index in [9.17, 15) is 0 Å². The minimum absolute atomic E-state index is 0.630. The van der Waals surface area contributed by atoms with E-state index in [1.807, 2.05) is 36.4 Å². The third-order valence-electron chi connectivity index (χ3n) is 2.51. The van der Waals surface area contributed by atoms with E-state index in [1.54, 1.807) is 0 Å². The number of hydrogen-bond acceptors (Lipinski definition) is 1. The molecule has 0 atom stereocenters. The lowest BCUT2D eigenvalue weighted by atomic mass is 10.2. The molecule has 0 aliphatic heterocycles. The second kappa shape index (κ2) is 7.14. The van der Waals surface area contributed by atoms with Gasteiger partial charge in [-0.25, -0.2) is 0 Å². The van der Waals surface area contributed by atoms with E-state index in [1.165, 1.54) is 11.1 Å². The van der Waals surface area contributed by atoms with Crippen LogP contribution in [0.25, 0.3) is 6.08 Å². The van der Waals surface area contributed by atoms with Gasteiger partial charge >= 0.3 is 0 Å². The molecule has 0 spiro atoms. The van der Waals surface area contributed by atoms with Gasteiger partial charge in [-0.15, -0.1) is 0 Å². The Hall–Kier alpha value is -1.38. The molecule has 0 radical (unpaired) electrons. The van der Waals surface area contributed by atoms with Gasteiger partial charge in [0, 0.05) is 4.47 Å². The van der Waals surface area contributed by atoms with Crippen molar-refractivity contribution in [2.75, 3.05) is 6.61 Å². The van der Waals surface area contributed by atoms with Crippen molar-refractivity contribution in [3.63, 3.8) is 0 Å². The Balaban J connectivity index is 1.74. The fraction of sp³-hybridized carbons (Fsp3) is 0.125. The molecule has 0 unspecified atom stereocenters. The van der Waals surface area contributed by atoms with Crippen molar-refractivity contribution in [2.24, 2.45) is 0 Å². The highest BCUT2D eigenvalue weighted by Crippen LogP contribution is 2.11. The summed E-state index contributed by atoms with van der Waals surface area (Å²) in [6, 6.07) is 18.4.